The highest BCUT2D eigenvalue weighted by Gasteiger charge is 2.15. The Morgan fingerprint density at radius 2 is 1.93 bits per heavy atom. The number of esters is 1. The fraction of sp³-hybridized carbons (Fsp3) is 0.143. The Morgan fingerprint density at radius 3 is 2.70 bits per heavy atom. The predicted octanol–water partition coefficient (Wildman–Crippen LogP) is 4.05. The molecule has 0 spiro atoms. The molecule has 2 aromatic heterocycles. The second-order valence-corrected chi connectivity index (χ2v) is 7.99. The fourth-order valence-electron chi connectivity index (χ4n) is 2.82. The van der Waals surface area contributed by atoms with Crippen molar-refractivity contribution >= 4 is 35.0 Å². The third-order valence-corrected chi connectivity index (χ3v) is 5.69. The van der Waals surface area contributed by atoms with Crippen LogP contribution in [0.5, 0.6) is 5.75 Å². The summed E-state index contributed by atoms with van der Waals surface area (Å²) in [4.78, 5) is 33.2. The first-order valence-electron chi connectivity index (χ1n) is 9.06. The van der Waals surface area contributed by atoms with E-state index in [1.165, 1.54) is 10.6 Å². The van der Waals surface area contributed by atoms with Crippen LogP contribution in [0.2, 0.25) is 5.02 Å². The molecular formula is C21H17ClN4O3S. The van der Waals surface area contributed by atoms with Crippen LogP contribution in [-0.4, -0.2) is 31.3 Å². The Kier molecular flexibility index (Phi) is 5.61. The molecule has 4 aromatic rings. The summed E-state index contributed by atoms with van der Waals surface area (Å²) in [6, 6.07) is 14.0. The van der Waals surface area contributed by atoms with Crippen LogP contribution >= 0.6 is 23.4 Å². The summed E-state index contributed by atoms with van der Waals surface area (Å²) in [7, 11) is 0. The second kappa shape index (κ2) is 8.33. The standard InChI is InChI=1S/C21H17ClN4O3S/c1-12-4-3-5-16(13(12)2)29-19(28)11-30-21-24-20(14-6-8-15(22)9-7-14)23-17-10-18(27)25-26(17)21/h3-10H,11H2,1-2H3,(H,25,27). The number of aryl methyl sites for hydroxylation is 1. The highest BCUT2D eigenvalue weighted by Crippen LogP contribution is 2.24. The SMILES string of the molecule is Cc1cccc(OC(=O)CSc2nc(-c3ccc(Cl)cc3)nc3cc(=O)[nH]n23)c1C. The number of benzene rings is 2. The maximum absolute atomic E-state index is 12.4. The largest absolute Gasteiger partial charge is 0.426 e. The van der Waals surface area contributed by atoms with E-state index in [2.05, 4.69) is 15.1 Å². The third kappa shape index (κ3) is 4.24. The lowest BCUT2D eigenvalue weighted by molar-refractivity contribution is -0.131. The van der Waals surface area contributed by atoms with Crippen molar-refractivity contribution in [3.8, 4) is 17.1 Å². The Bertz CT molecular complexity index is 1300. The van der Waals surface area contributed by atoms with Crippen molar-refractivity contribution in [1.29, 1.82) is 0 Å². The van der Waals surface area contributed by atoms with E-state index in [1.807, 2.05) is 26.0 Å². The van der Waals surface area contributed by atoms with Crippen LogP contribution in [0, 0.1) is 13.8 Å². The van der Waals surface area contributed by atoms with Gasteiger partial charge in [-0.3, -0.25) is 14.7 Å². The van der Waals surface area contributed by atoms with Crippen LogP contribution < -0.4 is 10.3 Å². The number of aromatic amines is 1. The van der Waals surface area contributed by atoms with Gasteiger partial charge in [0.1, 0.15) is 5.75 Å². The number of ether oxygens (including phenoxy) is 1. The average molecular weight is 441 g/mol. The smallest absolute Gasteiger partial charge is 0.321 e. The quantitative estimate of drug-likeness (QED) is 0.286. The molecule has 0 saturated carbocycles. The number of hydrogen-bond acceptors (Lipinski definition) is 6. The van der Waals surface area contributed by atoms with E-state index in [0.717, 1.165) is 28.5 Å². The molecule has 0 fully saturated rings. The maximum atomic E-state index is 12.4. The van der Waals surface area contributed by atoms with E-state index in [-0.39, 0.29) is 11.3 Å². The zero-order chi connectivity index (χ0) is 21.3. The van der Waals surface area contributed by atoms with Gasteiger partial charge in [0, 0.05) is 16.7 Å². The summed E-state index contributed by atoms with van der Waals surface area (Å²) >= 11 is 7.11. The summed E-state index contributed by atoms with van der Waals surface area (Å²) in [5.41, 5.74) is 2.81. The molecule has 0 amide bonds. The third-order valence-electron chi connectivity index (χ3n) is 4.52. The normalized spacial score (nSPS) is 11.0. The molecular weight excluding hydrogens is 424 g/mol. The van der Waals surface area contributed by atoms with Crippen LogP contribution in [0.15, 0.2) is 58.5 Å². The van der Waals surface area contributed by atoms with Crippen LogP contribution in [0.1, 0.15) is 11.1 Å². The first kappa shape index (κ1) is 20.2. The first-order valence-corrected chi connectivity index (χ1v) is 10.4. The van der Waals surface area contributed by atoms with Crippen molar-refractivity contribution in [3.05, 3.63) is 75.0 Å². The van der Waals surface area contributed by atoms with E-state index in [4.69, 9.17) is 16.3 Å². The number of halogens is 1. The van der Waals surface area contributed by atoms with Crippen LogP contribution in [0.3, 0.4) is 0 Å². The molecule has 9 heteroatoms. The van der Waals surface area contributed by atoms with Crippen LogP contribution in [0.25, 0.3) is 17.0 Å². The molecule has 4 rings (SSSR count). The lowest BCUT2D eigenvalue weighted by atomic mass is 10.1. The number of fused-ring (bicyclic) bond motifs is 1. The predicted molar refractivity (Wildman–Crippen MR) is 116 cm³/mol. The van der Waals surface area contributed by atoms with Gasteiger partial charge in [-0.1, -0.05) is 35.5 Å². The van der Waals surface area contributed by atoms with Gasteiger partial charge in [-0.2, -0.15) is 0 Å². The van der Waals surface area contributed by atoms with Crippen molar-refractivity contribution in [3.63, 3.8) is 0 Å². The number of rotatable bonds is 5. The van der Waals surface area contributed by atoms with Crippen molar-refractivity contribution < 1.29 is 9.53 Å². The van der Waals surface area contributed by atoms with Gasteiger partial charge < -0.3 is 4.74 Å². The molecule has 2 aromatic carbocycles. The van der Waals surface area contributed by atoms with Crippen LogP contribution in [0.4, 0.5) is 0 Å². The Labute approximate surface area is 181 Å². The maximum Gasteiger partial charge on any atom is 0.321 e. The number of carbonyl (C=O) groups excluding carboxylic acids is 1. The minimum atomic E-state index is -0.414. The summed E-state index contributed by atoms with van der Waals surface area (Å²) in [5.74, 6) is 0.559. The molecule has 7 nitrogen and oxygen atoms in total. The number of hydrogen-bond donors (Lipinski definition) is 1. The summed E-state index contributed by atoms with van der Waals surface area (Å²) in [5, 5.41) is 3.67. The van der Waals surface area contributed by atoms with E-state index < -0.39 is 5.97 Å². The summed E-state index contributed by atoms with van der Waals surface area (Å²) < 4.78 is 6.95. The molecule has 0 aliphatic carbocycles. The molecule has 0 aliphatic rings. The molecule has 0 radical (unpaired) electrons. The summed E-state index contributed by atoms with van der Waals surface area (Å²) in [6.07, 6.45) is 0. The average Bonchev–Trinajstić information content (AvgIpc) is 3.10. The van der Waals surface area contributed by atoms with Gasteiger partial charge in [0.25, 0.3) is 5.56 Å². The van der Waals surface area contributed by atoms with E-state index in [1.54, 1.807) is 30.3 Å². The van der Waals surface area contributed by atoms with Gasteiger partial charge >= 0.3 is 5.97 Å². The number of aromatic nitrogens is 4. The second-order valence-electron chi connectivity index (χ2n) is 6.61. The van der Waals surface area contributed by atoms with Gasteiger partial charge in [-0.25, -0.2) is 14.5 Å². The molecule has 30 heavy (non-hydrogen) atoms. The molecule has 2 heterocycles. The van der Waals surface area contributed by atoms with Gasteiger partial charge in [-0.05, 0) is 55.3 Å². The van der Waals surface area contributed by atoms with Gasteiger partial charge in [0.05, 0.1) is 5.75 Å². The van der Waals surface area contributed by atoms with Gasteiger partial charge in [0.15, 0.2) is 16.6 Å². The minimum absolute atomic E-state index is 0.0137. The minimum Gasteiger partial charge on any atom is -0.426 e. The zero-order valence-corrected chi connectivity index (χ0v) is 17.8. The molecule has 0 atom stereocenters. The molecule has 0 unspecified atom stereocenters. The van der Waals surface area contributed by atoms with Crippen LogP contribution in [-0.2, 0) is 4.79 Å². The summed E-state index contributed by atoms with van der Waals surface area (Å²) in [6.45, 7) is 3.86. The topological polar surface area (TPSA) is 89.3 Å². The molecule has 0 aliphatic heterocycles. The molecule has 0 bridgehead atoms. The highest BCUT2D eigenvalue weighted by molar-refractivity contribution is 7.99. The zero-order valence-electron chi connectivity index (χ0n) is 16.2. The van der Waals surface area contributed by atoms with Gasteiger partial charge in [-0.15, -0.1) is 0 Å². The van der Waals surface area contributed by atoms with Gasteiger partial charge in [0.2, 0.25) is 0 Å². The number of thioether (sulfide) groups is 1. The van der Waals surface area contributed by atoms with Crippen molar-refractivity contribution in [2.75, 3.05) is 5.75 Å². The molecule has 0 saturated heterocycles. The van der Waals surface area contributed by atoms with E-state index in [0.29, 0.717) is 27.4 Å². The lowest BCUT2D eigenvalue weighted by Crippen LogP contribution is -2.13. The van der Waals surface area contributed by atoms with E-state index in [9.17, 15) is 9.59 Å². The number of H-pyrrole nitrogens is 1. The lowest BCUT2D eigenvalue weighted by Gasteiger charge is -2.10. The van der Waals surface area contributed by atoms with Crippen molar-refractivity contribution in [2.24, 2.45) is 0 Å². The highest BCUT2D eigenvalue weighted by atomic mass is 35.5. The van der Waals surface area contributed by atoms with Crippen molar-refractivity contribution in [1.82, 2.24) is 19.6 Å². The molecule has 152 valence electrons. The number of carbonyl (C=O) groups is 1. The first-order chi connectivity index (χ1) is 14.4. The van der Waals surface area contributed by atoms with Crippen molar-refractivity contribution in [2.45, 2.75) is 19.0 Å². The number of nitrogens with zero attached hydrogens (tertiary/aromatic N) is 3. The molecule has 1 N–H and O–H groups in total. The number of nitrogens with one attached hydrogen (secondary N) is 1. The Morgan fingerprint density at radius 1 is 1.17 bits per heavy atom. The van der Waals surface area contributed by atoms with E-state index >= 15 is 0 Å². The Balaban J connectivity index is 1.60. The fourth-order valence-corrected chi connectivity index (χ4v) is 3.67. The Hall–Kier alpha value is -3.10. The monoisotopic (exact) mass is 440 g/mol.